The van der Waals surface area contributed by atoms with Crippen molar-refractivity contribution < 1.29 is 19.1 Å². The third-order valence-electron chi connectivity index (χ3n) is 5.09. The fourth-order valence-electron chi connectivity index (χ4n) is 3.68. The molecule has 0 spiro atoms. The molecule has 1 aromatic carbocycles. The van der Waals surface area contributed by atoms with Gasteiger partial charge in [-0.15, -0.1) is 0 Å². The summed E-state index contributed by atoms with van der Waals surface area (Å²) in [5, 5.41) is 2.74. The van der Waals surface area contributed by atoms with E-state index in [0.29, 0.717) is 19.7 Å². The van der Waals surface area contributed by atoms with Crippen molar-refractivity contribution in [1.29, 1.82) is 0 Å². The lowest BCUT2D eigenvalue weighted by atomic mass is 10.1. The second kappa shape index (κ2) is 9.13. The Morgan fingerprint density at radius 3 is 2.60 bits per heavy atom. The molecule has 2 amide bonds. The number of methoxy groups -OCH3 is 1. The molecule has 8 heteroatoms. The molecule has 1 N–H and O–H groups in total. The molecule has 0 radical (unpaired) electrons. The molecule has 1 fully saturated rings. The summed E-state index contributed by atoms with van der Waals surface area (Å²) in [5.74, 6) is -0.959. The zero-order valence-corrected chi connectivity index (χ0v) is 17.7. The number of nitrogens with one attached hydrogen (secondary N) is 1. The van der Waals surface area contributed by atoms with E-state index >= 15 is 0 Å². The maximum atomic E-state index is 12.9. The lowest BCUT2D eigenvalue weighted by molar-refractivity contribution is 0.00621. The number of carbonyl (C=O) groups is 2. The van der Waals surface area contributed by atoms with E-state index in [1.807, 2.05) is 51.1 Å². The van der Waals surface area contributed by atoms with Crippen molar-refractivity contribution in [3.63, 3.8) is 0 Å². The van der Waals surface area contributed by atoms with Crippen LogP contribution in [0.25, 0.3) is 0 Å². The Bertz CT molecular complexity index is 986. The Hall–Kier alpha value is -3.13. The summed E-state index contributed by atoms with van der Waals surface area (Å²) in [6.45, 7) is 6.95. The minimum atomic E-state index is -0.598. The van der Waals surface area contributed by atoms with Crippen molar-refractivity contribution in [1.82, 2.24) is 14.8 Å². The Kier molecular flexibility index (Phi) is 6.56. The van der Waals surface area contributed by atoms with Crippen molar-refractivity contribution in [2.45, 2.75) is 46.1 Å². The first-order valence-electron chi connectivity index (χ1n) is 10.1. The first-order valence-corrected chi connectivity index (χ1v) is 10.1. The Morgan fingerprint density at radius 1 is 1.23 bits per heavy atom. The van der Waals surface area contributed by atoms with Gasteiger partial charge in [-0.25, -0.2) is 0 Å². The molecule has 8 nitrogen and oxygen atoms in total. The summed E-state index contributed by atoms with van der Waals surface area (Å²) >= 11 is 0. The normalized spacial score (nSPS) is 19.3. The molecule has 0 bridgehead atoms. The van der Waals surface area contributed by atoms with Gasteiger partial charge in [-0.3, -0.25) is 14.4 Å². The topological polar surface area (TPSA) is 89.9 Å². The van der Waals surface area contributed by atoms with Crippen LogP contribution < -0.4 is 15.5 Å². The van der Waals surface area contributed by atoms with Crippen molar-refractivity contribution in [2.24, 2.45) is 0 Å². The van der Waals surface area contributed by atoms with Crippen LogP contribution in [0.4, 0.5) is 0 Å². The molecular formula is C22H27N3O5. The smallest absolute Gasteiger partial charge is 0.276 e. The van der Waals surface area contributed by atoms with Crippen molar-refractivity contribution in [3.05, 3.63) is 63.6 Å². The van der Waals surface area contributed by atoms with Crippen LogP contribution in [0.2, 0.25) is 0 Å². The monoisotopic (exact) mass is 413 g/mol. The minimum absolute atomic E-state index is 0.0659. The van der Waals surface area contributed by atoms with Gasteiger partial charge in [-0.05, 0) is 12.5 Å². The molecule has 1 aromatic heterocycles. The predicted octanol–water partition coefficient (Wildman–Crippen LogP) is 2.01. The van der Waals surface area contributed by atoms with Crippen LogP contribution in [0.5, 0.6) is 5.75 Å². The summed E-state index contributed by atoms with van der Waals surface area (Å²) in [5.41, 5.74) is 0.406. The number of benzene rings is 1. The molecular weight excluding hydrogens is 386 g/mol. The summed E-state index contributed by atoms with van der Waals surface area (Å²) < 4.78 is 12.5. The number of aromatic nitrogens is 1. The Balaban J connectivity index is 0.00000124. The van der Waals surface area contributed by atoms with Gasteiger partial charge in [0, 0.05) is 12.7 Å². The Labute approximate surface area is 175 Å². The van der Waals surface area contributed by atoms with Gasteiger partial charge in [0.15, 0.2) is 17.7 Å². The van der Waals surface area contributed by atoms with Gasteiger partial charge < -0.3 is 24.3 Å². The highest BCUT2D eigenvalue weighted by Crippen LogP contribution is 2.29. The van der Waals surface area contributed by atoms with E-state index in [9.17, 15) is 14.4 Å². The van der Waals surface area contributed by atoms with Gasteiger partial charge in [0.2, 0.25) is 5.43 Å². The number of hydrogen-bond acceptors (Lipinski definition) is 5. The molecule has 2 atom stereocenters. The molecule has 30 heavy (non-hydrogen) atoms. The maximum Gasteiger partial charge on any atom is 0.276 e. The fraction of sp³-hybridized carbons (Fsp3) is 0.409. The number of fused-ring (bicyclic) bond motifs is 2. The molecule has 2 aromatic rings. The van der Waals surface area contributed by atoms with E-state index < -0.39 is 17.6 Å². The van der Waals surface area contributed by atoms with Gasteiger partial charge in [0.25, 0.3) is 11.8 Å². The third-order valence-corrected chi connectivity index (χ3v) is 5.09. The second-order valence-corrected chi connectivity index (χ2v) is 6.92. The van der Waals surface area contributed by atoms with E-state index in [-0.39, 0.29) is 29.0 Å². The van der Waals surface area contributed by atoms with Crippen molar-refractivity contribution in [3.8, 4) is 5.75 Å². The summed E-state index contributed by atoms with van der Waals surface area (Å²) in [7, 11) is 1.33. The van der Waals surface area contributed by atoms with Gasteiger partial charge >= 0.3 is 0 Å². The molecule has 0 unspecified atom stereocenters. The van der Waals surface area contributed by atoms with Crippen LogP contribution in [-0.2, 0) is 17.8 Å². The van der Waals surface area contributed by atoms with E-state index in [4.69, 9.17) is 9.47 Å². The summed E-state index contributed by atoms with van der Waals surface area (Å²) in [4.78, 5) is 40.0. The van der Waals surface area contributed by atoms with E-state index in [0.717, 1.165) is 5.56 Å². The van der Waals surface area contributed by atoms with Gasteiger partial charge in [-0.1, -0.05) is 44.2 Å². The number of hydrogen-bond donors (Lipinski definition) is 1. The summed E-state index contributed by atoms with van der Waals surface area (Å²) in [6, 6.07) is 9.31. The first kappa shape index (κ1) is 21.6. The number of carbonyl (C=O) groups excluding carboxylic acids is 2. The molecule has 2 aliphatic heterocycles. The quantitative estimate of drug-likeness (QED) is 0.828. The Morgan fingerprint density at radius 2 is 1.93 bits per heavy atom. The minimum Gasteiger partial charge on any atom is -0.491 e. The average molecular weight is 413 g/mol. The largest absolute Gasteiger partial charge is 0.491 e. The van der Waals surface area contributed by atoms with Gasteiger partial charge in [0.1, 0.15) is 5.56 Å². The first-order chi connectivity index (χ1) is 14.5. The number of ether oxygens (including phenoxy) is 2. The van der Waals surface area contributed by atoms with Crippen LogP contribution >= 0.6 is 0 Å². The highest BCUT2D eigenvalue weighted by molar-refractivity contribution is 5.99. The number of pyridine rings is 1. The van der Waals surface area contributed by atoms with Crippen LogP contribution in [-0.4, -0.2) is 47.3 Å². The standard InChI is InChI=1S/C20H21N3O5.C2H6/c1-12-11-28-15-10-22-9-14(19(25)21-8-13-6-4-3-5-7-13)17(24)18(27-2)16(22)20(26)23(12)15;1-2/h3-7,9,12,15H,8,10-11H2,1-2H3,(H,21,25);1-2H3/t12-,15+;/m1./s1. The molecule has 0 saturated carbocycles. The van der Waals surface area contributed by atoms with E-state index in [2.05, 4.69) is 5.32 Å². The second-order valence-electron chi connectivity index (χ2n) is 6.92. The average Bonchev–Trinajstić information content (AvgIpc) is 3.15. The fourth-order valence-corrected chi connectivity index (χ4v) is 3.68. The third kappa shape index (κ3) is 3.82. The van der Waals surface area contributed by atoms with E-state index in [1.54, 1.807) is 9.47 Å². The molecule has 3 heterocycles. The summed E-state index contributed by atoms with van der Waals surface area (Å²) in [6.07, 6.45) is 1.00. The number of rotatable bonds is 4. The van der Waals surface area contributed by atoms with Crippen LogP contribution in [0, 0.1) is 0 Å². The van der Waals surface area contributed by atoms with Gasteiger partial charge in [0.05, 0.1) is 26.3 Å². The molecule has 160 valence electrons. The number of amides is 2. The lowest BCUT2D eigenvalue weighted by Crippen LogP contribution is -2.49. The van der Waals surface area contributed by atoms with Crippen molar-refractivity contribution in [2.75, 3.05) is 13.7 Å². The van der Waals surface area contributed by atoms with Crippen LogP contribution in [0.15, 0.2) is 41.3 Å². The molecule has 0 aliphatic carbocycles. The maximum absolute atomic E-state index is 12.9. The van der Waals surface area contributed by atoms with Gasteiger partial charge in [-0.2, -0.15) is 0 Å². The highest BCUT2D eigenvalue weighted by atomic mass is 16.5. The molecule has 2 aliphatic rings. The number of nitrogens with zero attached hydrogens (tertiary/aromatic N) is 2. The van der Waals surface area contributed by atoms with Crippen molar-refractivity contribution >= 4 is 11.8 Å². The van der Waals surface area contributed by atoms with E-state index in [1.165, 1.54) is 13.3 Å². The molecule has 1 saturated heterocycles. The van der Waals surface area contributed by atoms with Crippen LogP contribution in [0.1, 0.15) is 47.2 Å². The predicted molar refractivity (Wildman–Crippen MR) is 112 cm³/mol. The van der Waals surface area contributed by atoms with Crippen LogP contribution in [0.3, 0.4) is 0 Å². The zero-order chi connectivity index (χ0) is 21.8. The highest BCUT2D eigenvalue weighted by Gasteiger charge is 2.43. The SMILES string of the molecule is CC.COc1c2n(cc(C(=O)NCc3ccccc3)c1=O)C[C@@H]1OC[C@@H](C)N1C2=O. The lowest BCUT2D eigenvalue weighted by Gasteiger charge is -2.34. The zero-order valence-electron chi connectivity index (χ0n) is 17.7. The molecule has 4 rings (SSSR count).